The maximum atomic E-state index is 12.9. The smallest absolute Gasteiger partial charge is 0.289 e. The minimum absolute atomic E-state index is 0.0793. The van der Waals surface area contributed by atoms with E-state index in [0.717, 1.165) is 12.2 Å². The Bertz CT molecular complexity index is 1240. The molecule has 1 aliphatic carbocycles. The first-order valence-corrected chi connectivity index (χ1v) is 12.3. The van der Waals surface area contributed by atoms with E-state index in [-0.39, 0.29) is 34.8 Å². The molecule has 5 heteroatoms. The van der Waals surface area contributed by atoms with Crippen molar-refractivity contribution in [3.8, 4) is 5.75 Å². The van der Waals surface area contributed by atoms with Crippen molar-refractivity contribution in [2.45, 2.75) is 70.8 Å². The molecule has 2 N–H and O–H groups in total. The lowest BCUT2D eigenvalue weighted by atomic mass is 9.62. The van der Waals surface area contributed by atoms with Crippen LogP contribution < -0.4 is 0 Å². The third-order valence-corrected chi connectivity index (χ3v) is 7.59. The molecule has 0 saturated heterocycles. The molecule has 4 rings (SSSR count). The summed E-state index contributed by atoms with van der Waals surface area (Å²) in [6.45, 7) is 11.6. The van der Waals surface area contributed by atoms with Gasteiger partial charge in [0.15, 0.2) is 5.76 Å². The predicted octanol–water partition coefficient (Wildman–Crippen LogP) is 6.04. The fourth-order valence-corrected chi connectivity index (χ4v) is 5.10. The highest BCUT2D eigenvalue weighted by Crippen LogP contribution is 2.46. The van der Waals surface area contributed by atoms with E-state index >= 15 is 0 Å². The molecule has 5 nitrogen and oxygen atoms in total. The Morgan fingerprint density at radius 3 is 2.34 bits per heavy atom. The number of aryl methyl sites for hydroxylation is 1. The minimum atomic E-state index is -0.906. The second-order valence-electron chi connectivity index (χ2n) is 11.3. The number of hydrogen-bond acceptors (Lipinski definition) is 4. The van der Waals surface area contributed by atoms with Gasteiger partial charge < -0.3 is 19.5 Å². The van der Waals surface area contributed by atoms with Crippen LogP contribution in [0.3, 0.4) is 0 Å². The zero-order valence-corrected chi connectivity index (χ0v) is 21.7. The van der Waals surface area contributed by atoms with Gasteiger partial charge in [-0.2, -0.15) is 0 Å². The van der Waals surface area contributed by atoms with Crippen LogP contribution in [0.5, 0.6) is 5.75 Å². The molecular weight excluding hydrogens is 438 g/mol. The summed E-state index contributed by atoms with van der Waals surface area (Å²) in [4.78, 5) is 14.4. The van der Waals surface area contributed by atoms with Gasteiger partial charge in [0.25, 0.3) is 5.91 Å². The number of nitrogens with zero attached hydrogens (tertiary/aromatic N) is 1. The summed E-state index contributed by atoms with van der Waals surface area (Å²) in [6, 6.07) is 14.7. The number of furan rings is 1. The van der Waals surface area contributed by atoms with E-state index in [2.05, 4.69) is 46.8 Å². The first kappa shape index (κ1) is 25.1. The number of benzene rings is 2. The van der Waals surface area contributed by atoms with Crippen LogP contribution in [0.4, 0.5) is 0 Å². The number of phenolic OH excluding ortho intramolecular Hbond substituents is 1. The lowest BCUT2D eigenvalue weighted by molar-refractivity contribution is 0.0650. The quantitative estimate of drug-likeness (QED) is 0.456. The van der Waals surface area contributed by atoms with Crippen molar-refractivity contribution in [2.75, 3.05) is 13.6 Å². The molecule has 186 valence electrons. The fourth-order valence-electron chi connectivity index (χ4n) is 5.10. The molecule has 1 amide bonds. The van der Waals surface area contributed by atoms with E-state index in [4.69, 9.17) is 4.42 Å². The molecule has 35 heavy (non-hydrogen) atoms. The van der Waals surface area contributed by atoms with Gasteiger partial charge in [-0.05, 0) is 82.7 Å². The van der Waals surface area contributed by atoms with Crippen molar-refractivity contribution in [1.29, 1.82) is 0 Å². The van der Waals surface area contributed by atoms with Crippen LogP contribution in [-0.2, 0) is 17.3 Å². The van der Waals surface area contributed by atoms with Gasteiger partial charge >= 0.3 is 0 Å². The Morgan fingerprint density at radius 2 is 1.69 bits per heavy atom. The molecule has 0 aliphatic heterocycles. The first-order chi connectivity index (χ1) is 16.4. The number of aliphatic hydroxyl groups excluding tert-OH is 1. The molecule has 1 aliphatic rings. The Morgan fingerprint density at radius 1 is 1.03 bits per heavy atom. The summed E-state index contributed by atoms with van der Waals surface area (Å²) in [5.74, 6) is 0.782. The number of amides is 1. The Hall–Kier alpha value is -3.05. The maximum absolute atomic E-state index is 12.9. The lowest BCUT2D eigenvalue weighted by Crippen LogP contribution is -2.34. The topological polar surface area (TPSA) is 73.9 Å². The second kappa shape index (κ2) is 9.19. The van der Waals surface area contributed by atoms with E-state index in [1.54, 1.807) is 31.3 Å². The first-order valence-electron chi connectivity index (χ1n) is 12.3. The normalized spacial score (nSPS) is 17.0. The number of aromatic hydroxyl groups is 1. The zero-order valence-electron chi connectivity index (χ0n) is 21.7. The summed E-state index contributed by atoms with van der Waals surface area (Å²) in [5, 5.41) is 20.1. The number of aliphatic hydroxyl groups is 1. The summed E-state index contributed by atoms with van der Waals surface area (Å²) in [6.07, 6.45) is 2.06. The zero-order chi connectivity index (χ0) is 25.5. The molecule has 1 aromatic heterocycles. The number of hydrogen-bond donors (Lipinski definition) is 2. The number of likely N-dealkylation sites (N-methyl/N-ethyl adjacent to an activating group) is 1. The number of rotatable bonds is 6. The van der Waals surface area contributed by atoms with Crippen molar-refractivity contribution < 1.29 is 19.4 Å². The molecular formula is C30H37NO4. The van der Waals surface area contributed by atoms with Gasteiger partial charge in [-0.1, -0.05) is 52.0 Å². The van der Waals surface area contributed by atoms with E-state index < -0.39 is 6.10 Å². The Labute approximate surface area is 208 Å². The summed E-state index contributed by atoms with van der Waals surface area (Å²) < 4.78 is 5.96. The van der Waals surface area contributed by atoms with Crippen LogP contribution in [0.1, 0.15) is 90.8 Å². The summed E-state index contributed by atoms with van der Waals surface area (Å²) >= 11 is 0. The minimum Gasteiger partial charge on any atom is -0.508 e. The van der Waals surface area contributed by atoms with Gasteiger partial charge in [0.2, 0.25) is 0 Å². The van der Waals surface area contributed by atoms with Crippen LogP contribution in [0.15, 0.2) is 52.9 Å². The van der Waals surface area contributed by atoms with Crippen molar-refractivity contribution >= 4 is 5.91 Å². The van der Waals surface area contributed by atoms with E-state index in [9.17, 15) is 15.0 Å². The van der Waals surface area contributed by atoms with Crippen LogP contribution in [0.2, 0.25) is 0 Å². The van der Waals surface area contributed by atoms with Crippen molar-refractivity contribution in [1.82, 2.24) is 4.90 Å². The fraction of sp³-hybridized carbons (Fsp3) is 0.433. The molecule has 0 spiro atoms. The Balaban J connectivity index is 1.50. The molecule has 0 saturated carbocycles. The van der Waals surface area contributed by atoms with E-state index in [1.807, 2.05) is 6.07 Å². The lowest BCUT2D eigenvalue weighted by Gasteiger charge is -2.42. The highest BCUT2D eigenvalue weighted by atomic mass is 16.4. The van der Waals surface area contributed by atoms with Gasteiger partial charge in [-0.15, -0.1) is 0 Å². The maximum Gasteiger partial charge on any atom is 0.289 e. The number of carbonyl (C=O) groups excluding carboxylic acids is 1. The van der Waals surface area contributed by atoms with E-state index in [1.165, 1.54) is 39.6 Å². The summed E-state index contributed by atoms with van der Waals surface area (Å²) in [5.41, 5.74) is 6.18. The molecule has 0 fully saturated rings. The average molecular weight is 476 g/mol. The Kier molecular flexibility index (Phi) is 6.58. The standard InChI is InChI=1S/C30H37NO4/c1-19-14-24-25(30(4,5)13-12-29(24,2)3)17-21(19)16-23-10-11-27(35-23)28(34)31(6)18-26(33)20-8-7-9-22(32)15-20/h7-11,14-15,17,26,32-33H,12-13,16,18H2,1-6H3. The highest BCUT2D eigenvalue weighted by molar-refractivity contribution is 5.91. The van der Waals surface area contributed by atoms with Crippen LogP contribution in [-0.4, -0.2) is 34.6 Å². The molecule has 1 heterocycles. The highest BCUT2D eigenvalue weighted by Gasteiger charge is 2.37. The third-order valence-electron chi connectivity index (χ3n) is 7.59. The number of fused-ring (bicyclic) bond motifs is 1. The largest absolute Gasteiger partial charge is 0.508 e. The second-order valence-corrected chi connectivity index (χ2v) is 11.3. The molecule has 0 bridgehead atoms. The number of phenols is 1. The van der Waals surface area contributed by atoms with Crippen molar-refractivity contribution in [2.24, 2.45) is 0 Å². The van der Waals surface area contributed by atoms with E-state index in [0.29, 0.717) is 12.0 Å². The monoisotopic (exact) mass is 475 g/mol. The summed E-state index contributed by atoms with van der Waals surface area (Å²) in [7, 11) is 1.63. The molecule has 1 atom stereocenters. The number of carbonyl (C=O) groups is 1. The van der Waals surface area contributed by atoms with Crippen LogP contribution >= 0.6 is 0 Å². The average Bonchev–Trinajstić information content (AvgIpc) is 3.26. The van der Waals surface area contributed by atoms with Gasteiger partial charge in [-0.25, -0.2) is 0 Å². The predicted molar refractivity (Wildman–Crippen MR) is 138 cm³/mol. The molecule has 0 radical (unpaired) electrons. The third kappa shape index (κ3) is 5.15. The van der Waals surface area contributed by atoms with Crippen LogP contribution in [0, 0.1) is 6.92 Å². The molecule has 2 aromatic carbocycles. The van der Waals surface area contributed by atoms with Gasteiger partial charge in [0.1, 0.15) is 11.5 Å². The van der Waals surface area contributed by atoms with Gasteiger partial charge in [-0.3, -0.25) is 4.79 Å². The molecule has 3 aromatic rings. The van der Waals surface area contributed by atoms with Crippen molar-refractivity contribution in [3.63, 3.8) is 0 Å². The van der Waals surface area contributed by atoms with Crippen LogP contribution in [0.25, 0.3) is 0 Å². The molecule has 1 unspecified atom stereocenters. The SMILES string of the molecule is Cc1cc2c(cc1Cc1ccc(C(=O)N(C)CC(O)c3cccc(O)c3)o1)C(C)(C)CCC2(C)C. The van der Waals surface area contributed by atoms with Gasteiger partial charge in [0.05, 0.1) is 12.6 Å². The van der Waals surface area contributed by atoms with Gasteiger partial charge in [0, 0.05) is 13.5 Å². The van der Waals surface area contributed by atoms with Crippen molar-refractivity contribution in [3.05, 3.63) is 87.9 Å².